The summed E-state index contributed by atoms with van der Waals surface area (Å²) in [6.07, 6.45) is 2.10. The van der Waals surface area contributed by atoms with Crippen LogP contribution in [0.2, 0.25) is 0 Å². The molecule has 6 nitrogen and oxygen atoms in total. The Bertz CT molecular complexity index is 767. The second-order valence-corrected chi connectivity index (χ2v) is 6.99. The van der Waals surface area contributed by atoms with Crippen LogP contribution < -0.4 is 4.74 Å². The highest BCUT2D eigenvalue weighted by Crippen LogP contribution is 2.30. The molecule has 0 N–H and O–H groups in total. The van der Waals surface area contributed by atoms with Gasteiger partial charge in [0.05, 0.1) is 12.3 Å². The van der Waals surface area contributed by atoms with E-state index in [9.17, 15) is 4.79 Å². The molecule has 1 heterocycles. The van der Waals surface area contributed by atoms with Gasteiger partial charge in [0.25, 0.3) is 5.91 Å². The Morgan fingerprint density at radius 1 is 1.38 bits per heavy atom. The first kappa shape index (κ1) is 18.5. The number of hydrogen-bond acceptors (Lipinski definition) is 4. The fourth-order valence-corrected chi connectivity index (χ4v) is 3.13. The van der Waals surface area contributed by atoms with E-state index in [1.165, 1.54) is 0 Å². The van der Waals surface area contributed by atoms with Crippen molar-refractivity contribution in [2.75, 3.05) is 13.7 Å². The maximum Gasteiger partial charge on any atom is 0.272 e. The van der Waals surface area contributed by atoms with Crippen LogP contribution in [0.1, 0.15) is 41.5 Å². The van der Waals surface area contributed by atoms with Crippen molar-refractivity contribution >= 4 is 5.91 Å². The van der Waals surface area contributed by atoms with Gasteiger partial charge in [-0.05, 0) is 50.5 Å². The topological polar surface area (TPSA) is 56.6 Å². The molecule has 1 aromatic heterocycles. The van der Waals surface area contributed by atoms with Crippen molar-refractivity contribution in [1.29, 1.82) is 0 Å². The van der Waals surface area contributed by atoms with Crippen molar-refractivity contribution in [3.8, 4) is 5.75 Å². The van der Waals surface area contributed by atoms with Gasteiger partial charge in [0.1, 0.15) is 17.5 Å². The Balaban J connectivity index is 1.74. The van der Waals surface area contributed by atoms with Crippen LogP contribution in [0.5, 0.6) is 5.75 Å². The Morgan fingerprint density at radius 3 is 2.77 bits per heavy atom. The summed E-state index contributed by atoms with van der Waals surface area (Å²) in [7, 11) is 3.48. The van der Waals surface area contributed by atoms with Gasteiger partial charge in [0, 0.05) is 26.7 Å². The van der Waals surface area contributed by atoms with Gasteiger partial charge in [0.15, 0.2) is 0 Å². The van der Waals surface area contributed by atoms with Crippen molar-refractivity contribution in [3.05, 3.63) is 47.3 Å². The minimum absolute atomic E-state index is 0.0196. The number of nitrogens with zero attached hydrogens (tertiary/aromatic N) is 3. The van der Waals surface area contributed by atoms with Crippen LogP contribution in [0, 0.1) is 6.92 Å². The van der Waals surface area contributed by atoms with Gasteiger partial charge in [-0.25, -0.2) is 0 Å². The zero-order valence-electron chi connectivity index (χ0n) is 15.9. The van der Waals surface area contributed by atoms with Gasteiger partial charge >= 0.3 is 0 Å². The Morgan fingerprint density at radius 2 is 2.15 bits per heavy atom. The third-order valence-corrected chi connectivity index (χ3v) is 4.46. The second-order valence-electron chi connectivity index (χ2n) is 6.99. The number of benzene rings is 1. The fraction of sp³-hybridized carbons (Fsp3) is 0.500. The molecule has 0 saturated heterocycles. The van der Waals surface area contributed by atoms with E-state index < -0.39 is 0 Å². The largest absolute Gasteiger partial charge is 0.488 e. The highest BCUT2D eigenvalue weighted by Gasteiger charge is 2.34. The van der Waals surface area contributed by atoms with Crippen LogP contribution in [0.3, 0.4) is 0 Å². The molecule has 26 heavy (non-hydrogen) atoms. The summed E-state index contributed by atoms with van der Waals surface area (Å²) in [4.78, 5) is 15.0. The third kappa shape index (κ3) is 4.43. The third-order valence-electron chi connectivity index (χ3n) is 4.46. The standard InChI is InChI=1S/C20H27N3O3/c1-14-10-19(22(3)21-14)20(24)23(17-8-9-17)12-16-6-5-7-18(11-16)26-15(2)13-25-4/h5-7,10-11,15,17H,8-9,12-13H2,1-4H3. The van der Waals surface area contributed by atoms with E-state index in [0.29, 0.717) is 24.9 Å². The maximum absolute atomic E-state index is 13.0. The quantitative estimate of drug-likeness (QED) is 0.729. The van der Waals surface area contributed by atoms with Gasteiger partial charge in [-0.2, -0.15) is 5.10 Å². The first-order valence-corrected chi connectivity index (χ1v) is 9.04. The predicted molar refractivity (Wildman–Crippen MR) is 99.2 cm³/mol. The number of ether oxygens (including phenoxy) is 2. The van der Waals surface area contributed by atoms with Gasteiger partial charge < -0.3 is 14.4 Å². The molecule has 0 aliphatic heterocycles. The van der Waals surface area contributed by atoms with Crippen LogP contribution in [0.4, 0.5) is 0 Å². The molecule has 1 fully saturated rings. The number of aromatic nitrogens is 2. The van der Waals surface area contributed by atoms with Crippen molar-refractivity contribution in [2.45, 2.75) is 45.4 Å². The monoisotopic (exact) mass is 357 g/mol. The van der Waals surface area contributed by atoms with Crippen molar-refractivity contribution in [1.82, 2.24) is 14.7 Å². The molecule has 1 amide bonds. The average Bonchev–Trinajstić information content (AvgIpc) is 3.37. The molecule has 0 radical (unpaired) electrons. The molecule has 1 saturated carbocycles. The summed E-state index contributed by atoms with van der Waals surface area (Å²) in [6, 6.07) is 10.1. The molecule has 0 spiro atoms. The number of aryl methyl sites for hydroxylation is 2. The fourth-order valence-electron chi connectivity index (χ4n) is 3.13. The number of carbonyl (C=O) groups excluding carboxylic acids is 1. The van der Waals surface area contributed by atoms with E-state index in [0.717, 1.165) is 29.8 Å². The van der Waals surface area contributed by atoms with Crippen molar-refractivity contribution in [2.24, 2.45) is 7.05 Å². The van der Waals surface area contributed by atoms with E-state index in [1.807, 2.05) is 56.1 Å². The maximum atomic E-state index is 13.0. The predicted octanol–water partition coefficient (Wildman–Crippen LogP) is 2.95. The number of methoxy groups -OCH3 is 1. The van der Waals surface area contributed by atoms with Crippen LogP contribution in [-0.4, -0.2) is 46.5 Å². The summed E-state index contributed by atoms with van der Waals surface area (Å²) in [5.74, 6) is 0.835. The summed E-state index contributed by atoms with van der Waals surface area (Å²) in [5, 5.41) is 4.30. The molecule has 0 bridgehead atoms. The van der Waals surface area contributed by atoms with Gasteiger partial charge in [-0.3, -0.25) is 9.48 Å². The smallest absolute Gasteiger partial charge is 0.272 e. The van der Waals surface area contributed by atoms with Crippen LogP contribution in [-0.2, 0) is 18.3 Å². The molecule has 1 aliphatic carbocycles. The molecule has 1 atom stereocenters. The lowest BCUT2D eigenvalue weighted by Gasteiger charge is -2.23. The number of carbonyl (C=O) groups is 1. The number of amides is 1. The van der Waals surface area contributed by atoms with Crippen molar-refractivity contribution in [3.63, 3.8) is 0 Å². The van der Waals surface area contributed by atoms with E-state index >= 15 is 0 Å². The minimum atomic E-state index is -0.0196. The highest BCUT2D eigenvalue weighted by molar-refractivity contribution is 5.93. The minimum Gasteiger partial charge on any atom is -0.488 e. The molecular weight excluding hydrogens is 330 g/mol. The molecule has 140 valence electrons. The van der Waals surface area contributed by atoms with Gasteiger partial charge in [-0.15, -0.1) is 0 Å². The van der Waals surface area contributed by atoms with Crippen LogP contribution >= 0.6 is 0 Å². The zero-order valence-corrected chi connectivity index (χ0v) is 15.9. The van der Waals surface area contributed by atoms with Crippen LogP contribution in [0.15, 0.2) is 30.3 Å². The second kappa shape index (κ2) is 7.91. The summed E-state index contributed by atoms with van der Waals surface area (Å²) >= 11 is 0. The highest BCUT2D eigenvalue weighted by atomic mass is 16.5. The van der Waals surface area contributed by atoms with Gasteiger partial charge in [0.2, 0.25) is 0 Å². The van der Waals surface area contributed by atoms with E-state index in [2.05, 4.69) is 5.10 Å². The average molecular weight is 357 g/mol. The summed E-state index contributed by atoms with van der Waals surface area (Å²) in [6.45, 7) is 4.99. The van der Waals surface area contributed by atoms with E-state index in [1.54, 1.807) is 11.8 Å². The first-order chi connectivity index (χ1) is 12.5. The van der Waals surface area contributed by atoms with E-state index in [-0.39, 0.29) is 12.0 Å². The Kier molecular flexibility index (Phi) is 5.61. The molecule has 1 aliphatic rings. The SMILES string of the molecule is COCC(C)Oc1cccc(CN(C(=O)c2cc(C)nn2C)C2CC2)c1. The summed E-state index contributed by atoms with van der Waals surface area (Å²) < 4.78 is 12.7. The molecule has 1 aromatic carbocycles. The Labute approximate surface area is 154 Å². The molecular formula is C20H27N3O3. The molecule has 3 rings (SSSR count). The lowest BCUT2D eigenvalue weighted by Crippen LogP contribution is -2.33. The van der Waals surface area contributed by atoms with Crippen LogP contribution in [0.25, 0.3) is 0 Å². The summed E-state index contributed by atoms with van der Waals surface area (Å²) in [5.41, 5.74) is 2.55. The van der Waals surface area contributed by atoms with Crippen molar-refractivity contribution < 1.29 is 14.3 Å². The number of rotatable bonds is 8. The lowest BCUT2D eigenvalue weighted by molar-refractivity contribution is 0.0717. The number of hydrogen-bond donors (Lipinski definition) is 0. The first-order valence-electron chi connectivity index (χ1n) is 9.04. The molecule has 2 aromatic rings. The van der Waals surface area contributed by atoms with Gasteiger partial charge in [-0.1, -0.05) is 12.1 Å². The molecule has 6 heteroatoms. The Hall–Kier alpha value is -2.34. The van der Waals surface area contributed by atoms with E-state index in [4.69, 9.17) is 9.47 Å². The molecule has 1 unspecified atom stereocenters. The zero-order chi connectivity index (χ0) is 18.7. The normalized spacial score (nSPS) is 14.9. The lowest BCUT2D eigenvalue weighted by atomic mass is 10.2.